The van der Waals surface area contributed by atoms with Crippen LogP contribution in [0.2, 0.25) is 0 Å². The number of nitrogens with one attached hydrogen (secondary N) is 1. The van der Waals surface area contributed by atoms with Crippen LogP contribution in [0.4, 0.5) is 5.82 Å². The fourth-order valence-electron chi connectivity index (χ4n) is 2.57. The van der Waals surface area contributed by atoms with Gasteiger partial charge in [0.05, 0.1) is 0 Å². The zero-order chi connectivity index (χ0) is 16.2. The molecule has 0 aliphatic carbocycles. The molecule has 1 N–H and O–H groups in total. The Morgan fingerprint density at radius 2 is 2.09 bits per heavy atom. The molecule has 1 amide bonds. The van der Waals surface area contributed by atoms with E-state index in [9.17, 15) is 4.79 Å². The summed E-state index contributed by atoms with van der Waals surface area (Å²) in [7, 11) is 2.12. The second-order valence-electron chi connectivity index (χ2n) is 5.56. The second-order valence-corrected chi connectivity index (χ2v) is 6.34. The van der Waals surface area contributed by atoms with Crippen molar-refractivity contribution in [2.75, 3.05) is 38.1 Å². The molecule has 0 saturated carbocycles. The van der Waals surface area contributed by atoms with Gasteiger partial charge in [0, 0.05) is 44.5 Å². The molecule has 0 atom stereocenters. The van der Waals surface area contributed by atoms with Gasteiger partial charge in [0.1, 0.15) is 5.82 Å². The van der Waals surface area contributed by atoms with Gasteiger partial charge in [-0.3, -0.25) is 4.79 Å². The smallest absolute Gasteiger partial charge is 0.287 e. The highest BCUT2D eigenvalue weighted by molar-refractivity contribution is 9.10. The highest BCUT2D eigenvalue weighted by Crippen LogP contribution is 2.19. The summed E-state index contributed by atoms with van der Waals surface area (Å²) in [5.41, 5.74) is 1.01. The SMILES string of the molecule is CN1CCN(c2ncccc2CNC(=O)c2ccc(Br)o2)CC1. The highest BCUT2D eigenvalue weighted by atomic mass is 79.9. The maximum absolute atomic E-state index is 12.1. The number of pyridine rings is 1. The van der Waals surface area contributed by atoms with E-state index in [4.69, 9.17) is 4.42 Å². The molecular formula is C16H19BrN4O2. The van der Waals surface area contributed by atoms with Gasteiger partial charge in [-0.25, -0.2) is 4.98 Å². The number of carbonyl (C=O) groups excluding carboxylic acids is 1. The van der Waals surface area contributed by atoms with Gasteiger partial charge in [-0.15, -0.1) is 0 Å². The van der Waals surface area contributed by atoms with Gasteiger partial charge >= 0.3 is 0 Å². The Bertz CT molecular complexity index is 680. The number of likely N-dealkylation sites (N-methyl/N-ethyl adjacent to an activating group) is 1. The Morgan fingerprint density at radius 3 is 2.78 bits per heavy atom. The van der Waals surface area contributed by atoms with E-state index in [-0.39, 0.29) is 5.91 Å². The second kappa shape index (κ2) is 7.14. The van der Waals surface area contributed by atoms with E-state index in [1.807, 2.05) is 12.1 Å². The standard InChI is InChI=1S/C16H19BrN4O2/c1-20-7-9-21(10-8-20)15-12(3-2-6-18-15)11-19-16(22)13-4-5-14(17)23-13/h2-6H,7-11H2,1H3,(H,19,22). The lowest BCUT2D eigenvalue weighted by molar-refractivity contribution is 0.0922. The van der Waals surface area contributed by atoms with E-state index < -0.39 is 0 Å². The number of aromatic nitrogens is 1. The number of anilines is 1. The predicted octanol–water partition coefficient (Wildman–Crippen LogP) is 2.12. The molecular weight excluding hydrogens is 360 g/mol. The van der Waals surface area contributed by atoms with Gasteiger partial charge in [0.15, 0.2) is 10.4 Å². The number of amides is 1. The van der Waals surface area contributed by atoms with Crippen LogP contribution in [-0.4, -0.2) is 49.0 Å². The molecule has 6 nitrogen and oxygen atoms in total. The number of carbonyl (C=O) groups is 1. The Labute approximate surface area is 143 Å². The third kappa shape index (κ3) is 3.92. The molecule has 3 rings (SSSR count). The van der Waals surface area contributed by atoms with Gasteiger partial charge in [-0.2, -0.15) is 0 Å². The monoisotopic (exact) mass is 378 g/mol. The lowest BCUT2D eigenvalue weighted by Crippen LogP contribution is -2.45. The quantitative estimate of drug-likeness (QED) is 0.882. The van der Waals surface area contributed by atoms with Gasteiger partial charge < -0.3 is 19.5 Å². The van der Waals surface area contributed by atoms with Crippen molar-refractivity contribution in [2.24, 2.45) is 0 Å². The van der Waals surface area contributed by atoms with Gasteiger partial charge in [0.25, 0.3) is 5.91 Å². The zero-order valence-electron chi connectivity index (χ0n) is 13.0. The van der Waals surface area contributed by atoms with Gasteiger partial charge in [0.2, 0.25) is 0 Å². The lowest BCUT2D eigenvalue weighted by Gasteiger charge is -2.34. The molecule has 0 radical (unpaired) electrons. The summed E-state index contributed by atoms with van der Waals surface area (Å²) in [6.45, 7) is 4.34. The largest absolute Gasteiger partial charge is 0.444 e. The van der Waals surface area contributed by atoms with E-state index in [1.165, 1.54) is 0 Å². The predicted molar refractivity (Wildman–Crippen MR) is 91.5 cm³/mol. The molecule has 0 bridgehead atoms. The molecule has 7 heteroatoms. The van der Waals surface area contributed by atoms with E-state index in [0.29, 0.717) is 17.0 Å². The molecule has 1 saturated heterocycles. The van der Waals surface area contributed by atoms with Crippen molar-refractivity contribution in [1.82, 2.24) is 15.2 Å². The maximum atomic E-state index is 12.1. The van der Waals surface area contributed by atoms with E-state index >= 15 is 0 Å². The molecule has 0 spiro atoms. The maximum Gasteiger partial charge on any atom is 0.287 e. The minimum absolute atomic E-state index is 0.233. The van der Waals surface area contributed by atoms with E-state index in [2.05, 4.69) is 43.1 Å². The number of nitrogens with zero attached hydrogens (tertiary/aromatic N) is 3. The van der Waals surface area contributed by atoms with Crippen molar-refractivity contribution in [3.8, 4) is 0 Å². The van der Waals surface area contributed by atoms with Crippen molar-refractivity contribution >= 4 is 27.7 Å². The van der Waals surface area contributed by atoms with Crippen LogP contribution in [0.15, 0.2) is 39.5 Å². The summed E-state index contributed by atoms with van der Waals surface area (Å²) >= 11 is 3.20. The molecule has 0 unspecified atom stereocenters. The van der Waals surface area contributed by atoms with Crippen molar-refractivity contribution in [3.05, 3.63) is 46.5 Å². The Balaban J connectivity index is 1.67. The topological polar surface area (TPSA) is 61.6 Å². The average Bonchev–Trinajstić information content (AvgIpc) is 3.00. The van der Waals surface area contributed by atoms with Crippen molar-refractivity contribution in [3.63, 3.8) is 0 Å². The summed E-state index contributed by atoms with van der Waals surface area (Å²) < 4.78 is 5.81. The first-order chi connectivity index (χ1) is 11.1. The normalized spacial score (nSPS) is 15.7. The highest BCUT2D eigenvalue weighted by Gasteiger charge is 2.18. The molecule has 0 aromatic carbocycles. The Hall–Kier alpha value is -1.86. The molecule has 23 heavy (non-hydrogen) atoms. The number of hydrogen-bond acceptors (Lipinski definition) is 5. The Kier molecular flexibility index (Phi) is 4.97. The van der Waals surface area contributed by atoms with Crippen LogP contribution < -0.4 is 10.2 Å². The lowest BCUT2D eigenvalue weighted by atomic mass is 10.2. The van der Waals surface area contributed by atoms with Crippen LogP contribution in [0.3, 0.4) is 0 Å². The van der Waals surface area contributed by atoms with Crippen LogP contribution in [-0.2, 0) is 6.54 Å². The fraction of sp³-hybridized carbons (Fsp3) is 0.375. The first-order valence-corrected chi connectivity index (χ1v) is 8.34. The molecule has 1 aliphatic heterocycles. The molecule has 2 aromatic rings. The molecule has 3 heterocycles. The average molecular weight is 379 g/mol. The molecule has 1 aliphatic rings. The minimum Gasteiger partial charge on any atom is -0.444 e. The zero-order valence-corrected chi connectivity index (χ0v) is 14.5. The summed E-state index contributed by atoms with van der Waals surface area (Å²) in [6, 6.07) is 7.24. The number of piperazine rings is 1. The van der Waals surface area contributed by atoms with Gasteiger partial charge in [-0.1, -0.05) is 6.07 Å². The number of furan rings is 1. The minimum atomic E-state index is -0.233. The van der Waals surface area contributed by atoms with Crippen molar-refractivity contribution in [1.29, 1.82) is 0 Å². The van der Waals surface area contributed by atoms with Crippen molar-refractivity contribution < 1.29 is 9.21 Å². The van der Waals surface area contributed by atoms with E-state index in [0.717, 1.165) is 37.6 Å². The van der Waals surface area contributed by atoms with Crippen LogP contribution >= 0.6 is 15.9 Å². The number of halogens is 1. The first-order valence-electron chi connectivity index (χ1n) is 7.54. The fourth-order valence-corrected chi connectivity index (χ4v) is 2.88. The van der Waals surface area contributed by atoms with Crippen LogP contribution in [0.1, 0.15) is 16.1 Å². The van der Waals surface area contributed by atoms with E-state index in [1.54, 1.807) is 18.3 Å². The van der Waals surface area contributed by atoms with Crippen molar-refractivity contribution in [2.45, 2.75) is 6.54 Å². The van der Waals surface area contributed by atoms with Gasteiger partial charge in [-0.05, 0) is 41.2 Å². The number of hydrogen-bond donors (Lipinski definition) is 1. The summed E-state index contributed by atoms with van der Waals surface area (Å²) in [4.78, 5) is 21.2. The molecule has 2 aromatic heterocycles. The Morgan fingerprint density at radius 1 is 1.30 bits per heavy atom. The summed E-state index contributed by atoms with van der Waals surface area (Å²) in [5, 5.41) is 2.89. The summed E-state index contributed by atoms with van der Waals surface area (Å²) in [5.74, 6) is 1.01. The third-order valence-corrected chi connectivity index (χ3v) is 4.33. The first kappa shape index (κ1) is 16.0. The number of rotatable bonds is 4. The molecule has 122 valence electrons. The van der Waals surface area contributed by atoms with Crippen LogP contribution in [0.5, 0.6) is 0 Å². The van der Waals surface area contributed by atoms with Crippen LogP contribution in [0, 0.1) is 0 Å². The molecule has 1 fully saturated rings. The summed E-state index contributed by atoms with van der Waals surface area (Å²) in [6.07, 6.45) is 1.79. The third-order valence-electron chi connectivity index (χ3n) is 3.91. The van der Waals surface area contributed by atoms with Crippen LogP contribution in [0.25, 0.3) is 0 Å².